The van der Waals surface area contributed by atoms with Crippen LogP contribution in [0.25, 0.3) is 0 Å². The maximum atomic E-state index is 12.2. The van der Waals surface area contributed by atoms with E-state index in [-0.39, 0.29) is 30.6 Å². The van der Waals surface area contributed by atoms with Crippen molar-refractivity contribution < 1.29 is 28.6 Å². The van der Waals surface area contributed by atoms with Crippen molar-refractivity contribution in [1.82, 2.24) is 10.4 Å². The van der Waals surface area contributed by atoms with Crippen LogP contribution >= 0.6 is 0 Å². The molecule has 0 spiro atoms. The van der Waals surface area contributed by atoms with Crippen molar-refractivity contribution in [1.29, 1.82) is 0 Å². The van der Waals surface area contributed by atoms with Gasteiger partial charge < -0.3 is 19.1 Å². The molecule has 2 unspecified atom stereocenters. The van der Waals surface area contributed by atoms with Gasteiger partial charge in [-0.15, -0.1) is 0 Å². The molecule has 2 aliphatic rings. The Hall–Kier alpha value is -2.32. The number of likely N-dealkylation sites (tertiary alicyclic amines) is 1. The Morgan fingerprint density at radius 1 is 1.16 bits per heavy atom. The van der Waals surface area contributed by atoms with Crippen LogP contribution in [0.5, 0.6) is 5.75 Å². The topological polar surface area (TPSA) is 86.3 Å². The lowest BCUT2D eigenvalue weighted by Crippen LogP contribution is -2.41. The zero-order valence-electron chi connectivity index (χ0n) is 19.6. The van der Waals surface area contributed by atoms with Crippen molar-refractivity contribution in [2.75, 3.05) is 26.8 Å². The number of ether oxygens (including phenoxy) is 3. The van der Waals surface area contributed by atoms with Gasteiger partial charge in [-0.2, -0.15) is 5.48 Å². The third-order valence-corrected chi connectivity index (χ3v) is 5.84. The predicted molar refractivity (Wildman–Crippen MR) is 119 cm³/mol. The van der Waals surface area contributed by atoms with Gasteiger partial charge in [0.2, 0.25) is 0 Å². The quantitative estimate of drug-likeness (QED) is 0.631. The van der Waals surface area contributed by atoms with Gasteiger partial charge >= 0.3 is 12.1 Å². The molecule has 2 heterocycles. The first-order valence-electron chi connectivity index (χ1n) is 11.4. The van der Waals surface area contributed by atoms with Crippen LogP contribution in [0.3, 0.4) is 0 Å². The number of hydroxylamine groups is 1. The summed E-state index contributed by atoms with van der Waals surface area (Å²) in [7, 11) is 1.38. The highest BCUT2D eigenvalue weighted by atomic mass is 16.7. The number of nitrogens with zero attached hydrogens (tertiary/aromatic N) is 1. The van der Waals surface area contributed by atoms with Crippen LogP contribution in [0, 0.1) is 5.92 Å². The summed E-state index contributed by atoms with van der Waals surface area (Å²) in [5.74, 6) is 1.13. The van der Waals surface area contributed by atoms with Gasteiger partial charge in [0.25, 0.3) is 0 Å². The van der Waals surface area contributed by atoms with Crippen LogP contribution in [0.15, 0.2) is 24.3 Å². The maximum absolute atomic E-state index is 12.2. The van der Waals surface area contributed by atoms with Crippen molar-refractivity contribution >= 4 is 12.1 Å². The number of carbonyl (C=O) groups is 2. The van der Waals surface area contributed by atoms with E-state index in [1.54, 1.807) is 4.90 Å². The first-order chi connectivity index (χ1) is 15.2. The molecule has 3 rings (SSSR count). The van der Waals surface area contributed by atoms with Gasteiger partial charge in [-0.25, -0.2) is 4.79 Å². The van der Waals surface area contributed by atoms with E-state index in [2.05, 4.69) is 5.48 Å². The monoisotopic (exact) mass is 448 g/mol. The summed E-state index contributed by atoms with van der Waals surface area (Å²) >= 11 is 0. The molecule has 0 aliphatic carbocycles. The number of carbonyl (C=O) groups excluding carboxylic acids is 2. The highest BCUT2D eigenvalue weighted by molar-refractivity contribution is 5.69. The number of hydrogen-bond donors (Lipinski definition) is 1. The van der Waals surface area contributed by atoms with Gasteiger partial charge in [0.15, 0.2) is 0 Å². The van der Waals surface area contributed by atoms with Crippen LogP contribution in [0.2, 0.25) is 0 Å². The first-order valence-corrected chi connectivity index (χ1v) is 11.4. The molecule has 2 atom stereocenters. The molecule has 1 aromatic rings. The molecule has 2 aliphatic heterocycles. The second-order valence-corrected chi connectivity index (χ2v) is 9.54. The van der Waals surface area contributed by atoms with E-state index in [4.69, 9.17) is 19.0 Å². The third-order valence-electron chi connectivity index (χ3n) is 5.84. The number of methoxy groups -OCH3 is 1. The van der Waals surface area contributed by atoms with Gasteiger partial charge in [0.05, 0.1) is 32.3 Å². The number of amides is 1. The molecular weight excluding hydrogens is 412 g/mol. The molecule has 8 nitrogen and oxygen atoms in total. The van der Waals surface area contributed by atoms with E-state index in [0.29, 0.717) is 12.5 Å². The third kappa shape index (κ3) is 7.38. The lowest BCUT2D eigenvalue weighted by atomic mass is 9.94. The summed E-state index contributed by atoms with van der Waals surface area (Å²) in [5.41, 5.74) is 3.64. The van der Waals surface area contributed by atoms with E-state index >= 15 is 0 Å². The average molecular weight is 449 g/mol. The number of benzene rings is 1. The minimum Gasteiger partial charge on any atom is -0.494 e. The zero-order chi connectivity index (χ0) is 23.1. The second-order valence-electron chi connectivity index (χ2n) is 9.54. The lowest BCUT2D eigenvalue weighted by molar-refractivity contribution is -0.143. The van der Waals surface area contributed by atoms with Crippen molar-refractivity contribution in [3.63, 3.8) is 0 Å². The summed E-state index contributed by atoms with van der Waals surface area (Å²) < 4.78 is 16.1. The molecule has 0 saturated carbocycles. The summed E-state index contributed by atoms with van der Waals surface area (Å²) in [6.45, 7) is 7.80. The Morgan fingerprint density at radius 3 is 2.47 bits per heavy atom. The number of piperidine rings is 1. The van der Waals surface area contributed by atoms with E-state index < -0.39 is 5.60 Å². The van der Waals surface area contributed by atoms with Crippen LogP contribution < -0.4 is 10.2 Å². The fourth-order valence-electron chi connectivity index (χ4n) is 4.01. The molecular formula is C24H36N2O6. The van der Waals surface area contributed by atoms with Gasteiger partial charge in [-0.3, -0.25) is 9.63 Å². The van der Waals surface area contributed by atoms with Crippen molar-refractivity contribution in [2.24, 2.45) is 5.92 Å². The predicted octanol–water partition coefficient (Wildman–Crippen LogP) is 4.00. The number of rotatable bonds is 7. The largest absolute Gasteiger partial charge is 0.494 e. The van der Waals surface area contributed by atoms with Gasteiger partial charge in [0.1, 0.15) is 11.4 Å². The Labute approximate surface area is 190 Å². The minimum atomic E-state index is -0.455. The second kappa shape index (κ2) is 11.0. The molecule has 2 fully saturated rings. The first kappa shape index (κ1) is 24.3. The fourth-order valence-corrected chi connectivity index (χ4v) is 4.01. The normalized spacial score (nSPS) is 21.9. The summed E-state index contributed by atoms with van der Waals surface area (Å²) in [4.78, 5) is 30.9. The van der Waals surface area contributed by atoms with Crippen LogP contribution in [-0.2, 0) is 19.1 Å². The molecule has 0 radical (unpaired) electrons. The molecule has 1 amide bonds. The molecule has 0 aromatic heterocycles. The van der Waals surface area contributed by atoms with Gasteiger partial charge in [0, 0.05) is 13.1 Å². The zero-order valence-corrected chi connectivity index (χ0v) is 19.6. The molecule has 1 N–H and O–H groups in total. The standard InChI is InChI=1S/C24H36N2O6/c1-24(2,3)31-23(28)26-12-9-17(10-13-26)11-14-30-19-7-5-18(6-8-19)21-15-20(32-25-21)16-22(27)29-4/h5-8,17,20-21,25H,9-16H2,1-4H3. The lowest BCUT2D eigenvalue weighted by Gasteiger charge is -2.33. The SMILES string of the molecule is COC(=O)CC1CC(c2ccc(OCCC3CCN(C(=O)OC(C)(C)C)CC3)cc2)NO1. The summed E-state index contributed by atoms with van der Waals surface area (Å²) in [6, 6.07) is 8.03. The van der Waals surface area contributed by atoms with Gasteiger partial charge in [-0.1, -0.05) is 12.1 Å². The van der Waals surface area contributed by atoms with E-state index in [9.17, 15) is 9.59 Å². The smallest absolute Gasteiger partial charge is 0.410 e. The summed E-state index contributed by atoms with van der Waals surface area (Å²) in [5, 5.41) is 0. The van der Waals surface area contributed by atoms with E-state index in [0.717, 1.165) is 50.1 Å². The Bertz CT molecular complexity index is 753. The van der Waals surface area contributed by atoms with Gasteiger partial charge in [-0.05, 0) is 70.1 Å². The number of nitrogens with one attached hydrogen (secondary N) is 1. The van der Waals surface area contributed by atoms with Crippen molar-refractivity contribution in [3.05, 3.63) is 29.8 Å². The molecule has 32 heavy (non-hydrogen) atoms. The highest BCUT2D eigenvalue weighted by Crippen LogP contribution is 2.29. The highest BCUT2D eigenvalue weighted by Gasteiger charge is 2.29. The average Bonchev–Trinajstić information content (AvgIpc) is 3.22. The van der Waals surface area contributed by atoms with Crippen LogP contribution in [0.4, 0.5) is 4.79 Å². The molecule has 8 heteroatoms. The maximum Gasteiger partial charge on any atom is 0.410 e. The Morgan fingerprint density at radius 2 is 1.84 bits per heavy atom. The fraction of sp³-hybridized carbons (Fsp3) is 0.667. The van der Waals surface area contributed by atoms with Crippen LogP contribution in [0.1, 0.15) is 64.5 Å². The van der Waals surface area contributed by atoms with Crippen molar-refractivity contribution in [2.45, 2.75) is 70.6 Å². The van der Waals surface area contributed by atoms with Crippen molar-refractivity contribution in [3.8, 4) is 5.75 Å². The van der Waals surface area contributed by atoms with Crippen LogP contribution in [-0.4, -0.2) is 55.5 Å². The van der Waals surface area contributed by atoms with E-state index in [1.807, 2.05) is 45.0 Å². The number of esters is 1. The molecule has 0 bridgehead atoms. The summed E-state index contributed by atoms with van der Waals surface area (Å²) in [6.07, 6.45) is 3.49. The number of hydrogen-bond acceptors (Lipinski definition) is 7. The van der Waals surface area contributed by atoms with E-state index in [1.165, 1.54) is 7.11 Å². The molecule has 178 valence electrons. The molecule has 2 saturated heterocycles. The Balaban J connectivity index is 1.35. The molecule has 1 aromatic carbocycles. The minimum absolute atomic E-state index is 0.0499. The Kier molecular flexibility index (Phi) is 8.37.